The van der Waals surface area contributed by atoms with E-state index in [1.807, 2.05) is 11.9 Å². The number of anilines is 1. The molecule has 3 N–H and O–H groups in total. The van der Waals surface area contributed by atoms with Gasteiger partial charge in [-0.2, -0.15) is 0 Å². The zero-order valence-electron chi connectivity index (χ0n) is 7.87. The molecule has 0 fully saturated rings. The highest BCUT2D eigenvalue weighted by molar-refractivity contribution is 5.35. The molecule has 0 atom stereocenters. The van der Waals surface area contributed by atoms with Crippen molar-refractivity contribution in [2.45, 2.75) is 6.92 Å². The van der Waals surface area contributed by atoms with Crippen molar-refractivity contribution < 1.29 is 0 Å². The molecule has 0 aromatic carbocycles. The van der Waals surface area contributed by atoms with Crippen LogP contribution in [0.15, 0.2) is 10.9 Å². The fourth-order valence-corrected chi connectivity index (χ4v) is 1.07. The molecule has 1 heterocycles. The summed E-state index contributed by atoms with van der Waals surface area (Å²) in [5, 5.41) is 0. The van der Waals surface area contributed by atoms with Gasteiger partial charge in [0.2, 0.25) is 0 Å². The van der Waals surface area contributed by atoms with Crippen molar-refractivity contribution in [1.82, 2.24) is 9.97 Å². The van der Waals surface area contributed by atoms with E-state index in [1.165, 1.54) is 6.07 Å². The van der Waals surface area contributed by atoms with Crippen LogP contribution in [0.1, 0.15) is 5.82 Å². The molecule has 13 heavy (non-hydrogen) atoms. The van der Waals surface area contributed by atoms with Crippen LogP contribution in [-0.2, 0) is 0 Å². The Morgan fingerprint density at radius 3 is 2.92 bits per heavy atom. The van der Waals surface area contributed by atoms with Crippen molar-refractivity contribution in [2.75, 3.05) is 25.0 Å². The molecule has 72 valence electrons. The van der Waals surface area contributed by atoms with Gasteiger partial charge in [-0.15, -0.1) is 0 Å². The van der Waals surface area contributed by atoms with Gasteiger partial charge in [-0.25, -0.2) is 4.98 Å². The summed E-state index contributed by atoms with van der Waals surface area (Å²) in [5.74, 6) is 1.28. The summed E-state index contributed by atoms with van der Waals surface area (Å²) in [6.45, 7) is 2.99. The van der Waals surface area contributed by atoms with E-state index in [4.69, 9.17) is 5.73 Å². The van der Waals surface area contributed by atoms with Crippen molar-refractivity contribution >= 4 is 5.82 Å². The van der Waals surface area contributed by atoms with E-state index in [1.54, 1.807) is 6.92 Å². The smallest absolute Gasteiger partial charge is 0.252 e. The number of hydrogen-bond acceptors (Lipinski definition) is 4. The molecule has 0 saturated heterocycles. The fraction of sp³-hybridized carbons (Fsp3) is 0.500. The molecule has 5 heteroatoms. The lowest BCUT2D eigenvalue weighted by Gasteiger charge is -2.16. The third-order valence-corrected chi connectivity index (χ3v) is 1.70. The van der Waals surface area contributed by atoms with Crippen molar-refractivity contribution in [3.63, 3.8) is 0 Å². The molecule has 5 nitrogen and oxygen atoms in total. The quantitative estimate of drug-likeness (QED) is 0.659. The minimum absolute atomic E-state index is 0.133. The monoisotopic (exact) mass is 182 g/mol. The van der Waals surface area contributed by atoms with Crippen molar-refractivity contribution in [3.8, 4) is 0 Å². The highest BCUT2D eigenvalue weighted by Gasteiger charge is 2.02. The molecule has 0 aliphatic carbocycles. The van der Waals surface area contributed by atoms with Crippen molar-refractivity contribution in [2.24, 2.45) is 5.73 Å². The summed E-state index contributed by atoms with van der Waals surface area (Å²) in [7, 11) is 1.86. The normalized spacial score (nSPS) is 10.1. The first-order chi connectivity index (χ1) is 6.13. The third-order valence-electron chi connectivity index (χ3n) is 1.70. The second kappa shape index (κ2) is 4.04. The van der Waals surface area contributed by atoms with E-state index in [-0.39, 0.29) is 5.56 Å². The molecule has 0 aliphatic rings. The van der Waals surface area contributed by atoms with Crippen LogP contribution in [-0.4, -0.2) is 30.1 Å². The number of H-pyrrole nitrogens is 1. The van der Waals surface area contributed by atoms with E-state index in [0.29, 0.717) is 24.7 Å². The summed E-state index contributed by atoms with van der Waals surface area (Å²) >= 11 is 0. The maximum absolute atomic E-state index is 11.1. The van der Waals surface area contributed by atoms with Crippen molar-refractivity contribution in [3.05, 3.63) is 22.2 Å². The zero-order chi connectivity index (χ0) is 9.84. The third kappa shape index (κ3) is 2.55. The zero-order valence-corrected chi connectivity index (χ0v) is 7.87. The number of aromatic nitrogens is 2. The highest BCUT2D eigenvalue weighted by Crippen LogP contribution is 2.03. The molecule has 1 aromatic heterocycles. The lowest BCUT2D eigenvalue weighted by atomic mass is 10.4. The van der Waals surface area contributed by atoms with Crippen LogP contribution in [0.3, 0.4) is 0 Å². The number of nitrogens with one attached hydrogen (secondary N) is 1. The van der Waals surface area contributed by atoms with Crippen LogP contribution >= 0.6 is 0 Å². The second-order valence-corrected chi connectivity index (χ2v) is 2.90. The van der Waals surface area contributed by atoms with Crippen LogP contribution in [0.2, 0.25) is 0 Å². The molecule has 1 aromatic rings. The number of aromatic amines is 1. The first-order valence-electron chi connectivity index (χ1n) is 4.12. The van der Waals surface area contributed by atoms with Crippen LogP contribution in [0, 0.1) is 6.92 Å². The second-order valence-electron chi connectivity index (χ2n) is 2.90. The maximum Gasteiger partial charge on any atom is 0.252 e. The Hall–Kier alpha value is -1.36. The Morgan fingerprint density at radius 1 is 1.69 bits per heavy atom. The topological polar surface area (TPSA) is 75.0 Å². The standard InChI is InChI=1S/C8H14N4O/c1-6-10-7(5-8(13)11-6)12(2)4-3-9/h5H,3-4,9H2,1-2H3,(H,10,11,13). The Kier molecular flexibility index (Phi) is 3.02. The highest BCUT2D eigenvalue weighted by atomic mass is 16.1. The number of rotatable bonds is 3. The summed E-state index contributed by atoms with van der Waals surface area (Å²) in [6, 6.07) is 1.46. The number of nitrogens with zero attached hydrogens (tertiary/aromatic N) is 2. The van der Waals surface area contributed by atoms with E-state index < -0.39 is 0 Å². The number of nitrogens with two attached hydrogens (primary N) is 1. The summed E-state index contributed by atoms with van der Waals surface area (Å²) < 4.78 is 0. The van der Waals surface area contributed by atoms with Gasteiger partial charge in [-0.3, -0.25) is 4.79 Å². The molecular weight excluding hydrogens is 168 g/mol. The van der Waals surface area contributed by atoms with Crippen LogP contribution in [0.4, 0.5) is 5.82 Å². The summed E-state index contributed by atoms with van der Waals surface area (Å²) in [5.41, 5.74) is 5.25. The van der Waals surface area contributed by atoms with Crippen LogP contribution < -0.4 is 16.2 Å². The lowest BCUT2D eigenvalue weighted by molar-refractivity contribution is 0.852. The number of likely N-dealkylation sites (N-methyl/N-ethyl adjacent to an activating group) is 1. The fourth-order valence-electron chi connectivity index (χ4n) is 1.07. The summed E-state index contributed by atoms with van der Waals surface area (Å²) in [6.07, 6.45) is 0. The maximum atomic E-state index is 11.1. The summed E-state index contributed by atoms with van der Waals surface area (Å²) in [4.78, 5) is 19.7. The van der Waals surface area contributed by atoms with Gasteiger partial charge in [0, 0.05) is 26.2 Å². The number of aryl methyl sites for hydroxylation is 1. The minimum atomic E-state index is -0.133. The molecule has 0 radical (unpaired) electrons. The minimum Gasteiger partial charge on any atom is -0.358 e. The van der Waals surface area contributed by atoms with Gasteiger partial charge in [0.25, 0.3) is 5.56 Å². The van der Waals surface area contributed by atoms with Gasteiger partial charge >= 0.3 is 0 Å². The largest absolute Gasteiger partial charge is 0.358 e. The molecule has 0 spiro atoms. The van der Waals surface area contributed by atoms with Crippen LogP contribution in [0.5, 0.6) is 0 Å². The van der Waals surface area contributed by atoms with E-state index >= 15 is 0 Å². The Bertz CT molecular complexity index is 333. The van der Waals surface area contributed by atoms with Gasteiger partial charge < -0.3 is 15.6 Å². The molecule has 1 rings (SSSR count). The molecule has 0 aliphatic heterocycles. The average molecular weight is 182 g/mol. The van der Waals surface area contributed by atoms with Gasteiger partial charge in [0.05, 0.1) is 0 Å². The number of hydrogen-bond donors (Lipinski definition) is 2. The van der Waals surface area contributed by atoms with Gasteiger partial charge in [-0.1, -0.05) is 0 Å². The van der Waals surface area contributed by atoms with E-state index in [2.05, 4.69) is 9.97 Å². The first kappa shape index (κ1) is 9.73. The predicted molar refractivity (Wildman–Crippen MR) is 51.9 cm³/mol. The lowest BCUT2D eigenvalue weighted by Crippen LogP contribution is -2.27. The van der Waals surface area contributed by atoms with Crippen LogP contribution in [0.25, 0.3) is 0 Å². The Balaban J connectivity index is 2.94. The van der Waals surface area contributed by atoms with E-state index in [9.17, 15) is 4.79 Å². The van der Waals surface area contributed by atoms with Gasteiger partial charge in [0.1, 0.15) is 11.6 Å². The van der Waals surface area contributed by atoms with Crippen molar-refractivity contribution in [1.29, 1.82) is 0 Å². The predicted octanol–water partition coefficient (Wildman–Crippen LogP) is -0.527. The SMILES string of the molecule is Cc1nc(N(C)CCN)cc(=O)[nH]1. The molecule has 0 bridgehead atoms. The Labute approximate surface area is 76.6 Å². The van der Waals surface area contributed by atoms with Gasteiger partial charge in [0.15, 0.2) is 0 Å². The first-order valence-corrected chi connectivity index (χ1v) is 4.12. The Morgan fingerprint density at radius 2 is 2.38 bits per heavy atom. The van der Waals surface area contributed by atoms with E-state index in [0.717, 1.165) is 0 Å². The molecule has 0 unspecified atom stereocenters. The van der Waals surface area contributed by atoms with Gasteiger partial charge in [-0.05, 0) is 6.92 Å². The molecular formula is C8H14N4O. The average Bonchev–Trinajstić information content (AvgIpc) is 2.03. The molecule has 0 amide bonds. The molecule has 0 saturated carbocycles.